The van der Waals surface area contributed by atoms with Crippen LogP contribution >= 0.6 is 11.3 Å². The first-order valence-corrected chi connectivity index (χ1v) is 11.4. The van der Waals surface area contributed by atoms with Gasteiger partial charge in [0, 0.05) is 18.2 Å². The van der Waals surface area contributed by atoms with Gasteiger partial charge in [0.2, 0.25) is 5.91 Å². The van der Waals surface area contributed by atoms with Crippen molar-refractivity contribution < 1.29 is 9.53 Å². The highest BCUT2D eigenvalue weighted by molar-refractivity contribution is 7.18. The van der Waals surface area contributed by atoms with Gasteiger partial charge in [-0.1, -0.05) is 25.1 Å². The number of fused-ring (bicyclic) bond motifs is 1. The van der Waals surface area contributed by atoms with E-state index in [1.54, 1.807) is 11.3 Å². The summed E-state index contributed by atoms with van der Waals surface area (Å²) in [4.78, 5) is 17.6. The number of nitrogens with one attached hydrogen (secondary N) is 1. The number of hydrogen-bond donors (Lipinski definition) is 1. The van der Waals surface area contributed by atoms with Gasteiger partial charge in [-0.25, -0.2) is 4.98 Å². The second-order valence-corrected chi connectivity index (χ2v) is 8.94. The van der Waals surface area contributed by atoms with Crippen molar-refractivity contribution in [1.82, 2.24) is 10.3 Å². The third kappa shape index (κ3) is 4.33. The maximum Gasteiger partial charge on any atom is 0.220 e. The zero-order valence-electron chi connectivity index (χ0n) is 17.9. The molecule has 158 valence electrons. The van der Waals surface area contributed by atoms with Gasteiger partial charge < -0.3 is 10.1 Å². The maximum atomic E-state index is 11.9. The van der Waals surface area contributed by atoms with Crippen LogP contribution in [0.4, 0.5) is 0 Å². The number of ether oxygens (including phenoxy) is 1. The molecule has 0 radical (unpaired) electrons. The molecule has 1 atom stereocenters. The fraction of sp³-hybridized carbons (Fsp3) is 0.320. The molecule has 1 amide bonds. The molecule has 0 aliphatic heterocycles. The van der Waals surface area contributed by atoms with Gasteiger partial charge in [-0.05, 0) is 61.6 Å². The van der Waals surface area contributed by atoms with Crippen LogP contribution in [0, 0.1) is 11.3 Å². The number of amides is 1. The molecule has 2 aromatic carbocycles. The minimum atomic E-state index is 0.00975. The number of benzene rings is 2. The van der Waals surface area contributed by atoms with Gasteiger partial charge in [0.25, 0.3) is 0 Å². The fourth-order valence-electron chi connectivity index (χ4n) is 3.97. The number of nitrogens with zero attached hydrogens (tertiary/aromatic N) is 2. The van der Waals surface area contributed by atoms with Gasteiger partial charge >= 0.3 is 0 Å². The highest BCUT2D eigenvalue weighted by atomic mass is 32.1. The topological polar surface area (TPSA) is 75.0 Å². The summed E-state index contributed by atoms with van der Waals surface area (Å²) in [6.45, 7) is 5.76. The van der Waals surface area contributed by atoms with Crippen LogP contribution in [0.15, 0.2) is 42.6 Å². The summed E-state index contributed by atoms with van der Waals surface area (Å²) < 4.78 is 5.73. The number of hydrogen-bond acceptors (Lipinski definition) is 5. The monoisotopic (exact) mass is 431 g/mol. The normalized spacial score (nSPS) is 14.9. The summed E-state index contributed by atoms with van der Waals surface area (Å²) in [5.41, 5.74) is 5.09. The van der Waals surface area contributed by atoms with Crippen LogP contribution in [-0.4, -0.2) is 17.0 Å². The zero-order valence-corrected chi connectivity index (χ0v) is 18.8. The molecule has 1 aromatic heterocycles. The SMILES string of the molecule is CCC(=O)N[C@H]1CCc2c(-c3cnc(-c4ccc(OC(C)C)c(C#N)c4)s3)cccc21. The van der Waals surface area contributed by atoms with Crippen molar-refractivity contribution in [3.05, 3.63) is 59.3 Å². The summed E-state index contributed by atoms with van der Waals surface area (Å²) in [5, 5.41) is 13.5. The van der Waals surface area contributed by atoms with E-state index in [-0.39, 0.29) is 18.1 Å². The summed E-state index contributed by atoms with van der Waals surface area (Å²) in [6, 6.07) is 14.2. The van der Waals surface area contributed by atoms with E-state index in [1.807, 2.05) is 45.2 Å². The molecule has 1 N–H and O–H groups in total. The molecule has 0 spiro atoms. The van der Waals surface area contributed by atoms with Gasteiger partial charge in [-0.3, -0.25) is 4.79 Å². The van der Waals surface area contributed by atoms with Crippen molar-refractivity contribution in [2.75, 3.05) is 0 Å². The van der Waals surface area contributed by atoms with Gasteiger partial charge in [-0.2, -0.15) is 5.26 Å². The van der Waals surface area contributed by atoms with E-state index in [1.165, 1.54) is 16.7 Å². The van der Waals surface area contributed by atoms with Crippen molar-refractivity contribution in [3.8, 4) is 32.8 Å². The summed E-state index contributed by atoms with van der Waals surface area (Å²) in [7, 11) is 0. The van der Waals surface area contributed by atoms with Crippen molar-refractivity contribution in [1.29, 1.82) is 5.26 Å². The standard InChI is InChI=1S/C25H25N3O2S/c1-4-24(29)28-21-10-9-18-19(21)6-5-7-20(18)23-14-27-25(31-23)16-8-11-22(30-15(2)3)17(12-16)13-26/h5-8,11-12,14-15,21H,4,9-10H2,1-3H3,(H,28,29)/t21-/m0/s1. The average molecular weight is 432 g/mol. The lowest BCUT2D eigenvalue weighted by atomic mass is 10.0. The lowest BCUT2D eigenvalue weighted by molar-refractivity contribution is -0.121. The van der Waals surface area contributed by atoms with E-state index in [0.717, 1.165) is 28.3 Å². The number of carbonyl (C=O) groups is 1. The molecular formula is C25H25N3O2S. The van der Waals surface area contributed by atoms with Crippen LogP contribution in [0.5, 0.6) is 5.75 Å². The van der Waals surface area contributed by atoms with Crippen LogP contribution in [0.2, 0.25) is 0 Å². The van der Waals surface area contributed by atoms with E-state index in [2.05, 4.69) is 34.6 Å². The number of carbonyl (C=O) groups excluding carboxylic acids is 1. The second kappa shape index (κ2) is 8.91. The first kappa shape index (κ1) is 21.1. The second-order valence-electron chi connectivity index (χ2n) is 7.90. The lowest BCUT2D eigenvalue weighted by Crippen LogP contribution is -2.26. The molecule has 4 rings (SSSR count). The molecule has 6 heteroatoms. The Morgan fingerprint density at radius 3 is 2.94 bits per heavy atom. The van der Waals surface area contributed by atoms with E-state index < -0.39 is 0 Å². The van der Waals surface area contributed by atoms with Gasteiger partial charge in [0.1, 0.15) is 16.8 Å². The van der Waals surface area contributed by atoms with Crippen LogP contribution in [0.25, 0.3) is 21.0 Å². The first-order chi connectivity index (χ1) is 15.0. The number of aromatic nitrogens is 1. The Kier molecular flexibility index (Phi) is 6.06. The Hall–Kier alpha value is -3.17. The van der Waals surface area contributed by atoms with E-state index in [4.69, 9.17) is 4.74 Å². The molecule has 0 fully saturated rings. The Morgan fingerprint density at radius 2 is 2.19 bits per heavy atom. The third-order valence-electron chi connectivity index (χ3n) is 5.41. The van der Waals surface area contributed by atoms with E-state index in [9.17, 15) is 10.1 Å². The third-order valence-corrected chi connectivity index (χ3v) is 6.49. The number of thiazole rings is 1. The van der Waals surface area contributed by atoms with Crippen LogP contribution in [-0.2, 0) is 11.2 Å². The van der Waals surface area contributed by atoms with Crippen LogP contribution in [0.1, 0.15) is 56.3 Å². The smallest absolute Gasteiger partial charge is 0.220 e. The average Bonchev–Trinajstić information content (AvgIpc) is 3.41. The van der Waals surface area contributed by atoms with Crippen molar-refractivity contribution in [3.63, 3.8) is 0 Å². The van der Waals surface area contributed by atoms with Crippen LogP contribution < -0.4 is 10.1 Å². The highest BCUT2D eigenvalue weighted by Gasteiger charge is 2.26. The molecule has 1 aliphatic carbocycles. The Morgan fingerprint density at radius 1 is 1.35 bits per heavy atom. The lowest BCUT2D eigenvalue weighted by Gasteiger charge is -2.14. The quantitative estimate of drug-likeness (QED) is 0.547. The first-order valence-electron chi connectivity index (χ1n) is 10.6. The summed E-state index contributed by atoms with van der Waals surface area (Å²) >= 11 is 1.61. The molecule has 0 unspecified atom stereocenters. The Balaban J connectivity index is 1.64. The summed E-state index contributed by atoms with van der Waals surface area (Å²) in [6.07, 6.45) is 4.27. The predicted molar refractivity (Wildman–Crippen MR) is 123 cm³/mol. The van der Waals surface area contributed by atoms with Crippen molar-refractivity contribution >= 4 is 17.2 Å². The maximum absolute atomic E-state index is 11.9. The van der Waals surface area contributed by atoms with Gasteiger partial charge in [-0.15, -0.1) is 11.3 Å². The molecule has 3 aromatic rings. The van der Waals surface area contributed by atoms with E-state index >= 15 is 0 Å². The zero-order chi connectivity index (χ0) is 22.0. The van der Waals surface area contributed by atoms with Crippen LogP contribution in [0.3, 0.4) is 0 Å². The largest absolute Gasteiger partial charge is 0.490 e. The molecule has 1 heterocycles. The van der Waals surface area contributed by atoms with Crippen molar-refractivity contribution in [2.45, 2.75) is 52.2 Å². The highest BCUT2D eigenvalue weighted by Crippen LogP contribution is 2.41. The molecule has 5 nitrogen and oxygen atoms in total. The van der Waals surface area contributed by atoms with Gasteiger partial charge in [0.05, 0.1) is 22.6 Å². The molecule has 0 saturated carbocycles. The van der Waals surface area contributed by atoms with E-state index in [0.29, 0.717) is 17.7 Å². The number of nitriles is 1. The minimum absolute atomic E-state index is 0.00975. The fourth-order valence-corrected chi connectivity index (χ4v) is 4.94. The number of rotatable bonds is 6. The molecule has 31 heavy (non-hydrogen) atoms. The molecule has 1 aliphatic rings. The molecule has 0 saturated heterocycles. The van der Waals surface area contributed by atoms with Crippen molar-refractivity contribution in [2.24, 2.45) is 0 Å². The minimum Gasteiger partial charge on any atom is -0.490 e. The van der Waals surface area contributed by atoms with Gasteiger partial charge in [0.15, 0.2) is 0 Å². The predicted octanol–water partition coefficient (Wildman–Crippen LogP) is 5.65. The molecular weight excluding hydrogens is 406 g/mol. The Labute approximate surface area is 186 Å². The molecule has 0 bridgehead atoms. The summed E-state index contributed by atoms with van der Waals surface area (Å²) in [5.74, 6) is 0.681. The Bertz CT molecular complexity index is 1160.